The van der Waals surface area contributed by atoms with Crippen LogP contribution in [0.25, 0.3) is 22.0 Å². The van der Waals surface area contributed by atoms with E-state index in [9.17, 15) is 19.6 Å². The van der Waals surface area contributed by atoms with Crippen LogP contribution in [-0.2, 0) is 6.61 Å². The van der Waals surface area contributed by atoms with E-state index in [0.29, 0.717) is 29.9 Å². The second-order valence-electron chi connectivity index (χ2n) is 9.66. The van der Waals surface area contributed by atoms with Gasteiger partial charge in [-0.3, -0.25) is 10.1 Å². The van der Waals surface area contributed by atoms with Crippen molar-refractivity contribution in [3.63, 3.8) is 0 Å². The lowest BCUT2D eigenvalue weighted by Gasteiger charge is -2.34. The Bertz CT molecular complexity index is 1570. The Morgan fingerprint density at radius 2 is 1.82 bits per heavy atom. The third-order valence-corrected chi connectivity index (χ3v) is 7.41. The van der Waals surface area contributed by atoms with E-state index in [-0.39, 0.29) is 52.1 Å². The van der Waals surface area contributed by atoms with Crippen molar-refractivity contribution in [2.75, 3.05) is 18.0 Å². The van der Waals surface area contributed by atoms with E-state index in [1.165, 1.54) is 30.3 Å². The number of ether oxygens (including phenoxy) is 1. The van der Waals surface area contributed by atoms with Crippen molar-refractivity contribution in [2.45, 2.75) is 31.5 Å². The first-order chi connectivity index (χ1) is 18.8. The summed E-state index contributed by atoms with van der Waals surface area (Å²) in [7, 11) is 0. The molecule has 0 amide bonds. The Kier molecular flexibility index (Phi) is 6.40. The average Bonchev–Trinajstić information content (AvgIpc) is 3.26. The first-order valence-electron chi connectivity index (χ1n) is 12.3. The minimum Gasteiger partial charge on any atom is -0.507 e. The van der Waals surface area contributed by atoms with Gasteiger partial charge in [-0.05, 0) is 48.7 Å². The van der Waals surface area contributed by atoms with Crippen molar-refractivity contribution < 1.29 is 23.5 Å². The monoisotopic (exact) mass is 553 g/mol. The maximum Gasteiger partial charge on any atom is 0.319 e. The molecule has 0 aliphatic carbocycles. The summed E-state index contributed by atoms with van der Waals surface area (Å²) in [5.41, 5.74) is -0.243. The first kappa shape index (κ1) is 25.2. The molecule has 2 atom stereocenters. The van der Waals surface area contributed by atoms with Gasteiger partial charge in [0.15, 0.2) is 5.82 Å². The van der Waals surface area contributed by atoms with E-state index < -0.39 is 22.3 Å². The van der Waals surface area contributed by atoms with Gasteiger partial charge in [0.1, 0.15) is 29.5 Å². The third kappa shape index (κ3) is 4.68. The average molecular weight is 554 g/mol. The number of hydrogen-bond donors (Lipinski definition) is 2. The molecule has 0 spiro atoms. The van der Waals surface area contributed by atoms with Gasteiger partial charge in [0.25, 0.3) is 5.69 Å². The number of halogens is 3. The molecule has 0 radical (unpaired) electrons. The van der Waals surface area contributed by atoms with Gasteiger partial charge in [-0.25, -0.2) is 8.78 Å². The van der Waals surface area contributed by atoms with Crippen molar-refractivity contribution in [1.29, 1.82) is 0 Å². The van der Waals surface area contributed by atoms with Crippen LogP contribution in [0.1, 0.15) is 18.4 Å². The molecule has 2 aliphatic heterocycles. The zero-order chi connectivity index (χ0) is 27.3. The topological polar surface area (TPSA) is 114 Å². The van der Waals surface area contributed by atoms with Crippen LogP contribution in [0.3, 0.4) is 0 Å². The Morgan fingerprint density at radius 1 is 1.10 bits per heavy atom. The number of nitrogens with one attached hydrogen (secondary N) is 1. The standard InChI is InChI=1S/C27H22ClF2N5O4/c28-19-10-18-25(24(30)22(19)23-20(29)2-1-3-21(23)36)32-27(39-13-14-4-8-17(9-5-14)35(37)38)33-26(18)34-11-15-6-7-16(12-34)31-15/h1-5,8-10,15-16,31,36H,6-7,11-13H2/t15-,16+. The predicted molar refractivity (Wildman–Crippen MR) is 141 cm³/mol. The van der Waals surface area contributed by atoms with Crippen molar-refractivity contribution in [3.8, 4) is 22.9 Å². The molecule has 0 saturated carbocycles. The van der Waals surface area contributed by atoms with Crippen molar-refractivity contribution in [1.82, 2.24) is 15.3 Å². The molecular formula is C27H22ClF2N5O4. The summed E-state index contributed by atoms with van der Waals surface area (Å²) in [6.45, 7) is 1.25. The highest BCUT2D eigenvalue weighted by atomic mass is 35.5. The van der Waals surface area contributed by atoms with Crippen molar-refractivity contribution in [2.24, 2.45) is 0 Å². The number of benzene rings is 3. The van der Waals surface area contributed by atoms with Crippen LogP contribution in [0.4, 0.5) is 20.3 Å². The number of nitro groups is 1. The Labute approximate surface area is 226 Å². The number of aromatic nitrogens is 2. The van der Waals surface area contributed by atoms with Crippen LogP contribution in [0.5, 0.6) is 11.8 Å². The number of nitro benzene ring substituents is 1. The van der Waals surface area contributed by atoms with Gasteiger partial charge < -0.3 is 20.1 Å². The Hall–Kier alpha value is -4.09. The second kappa shape index (κ2) is 9.90. The van der Waals surface area contributed by atoms with Crippen LogP contribution in [0.2, 0.25) is 5.02 Å². The molecule has 12 heteroatoms. The number of phenolic OH excluding ortho intramolecular Hbond substituents is 1. The van der Waals surface area contributed by atoms with E-state index in [1.54, 1.807) is 12.1 Å². The minimum absolute atomic E-state index is 0.0219. The number of piperazine rings is 1. The van der Waals surface area contributed by atoms with E-state index in [1.807, 2.05) is 4.90 Å². The fraction of sp³-hybridized carbons (Fsp3) is 0.259. The van der Waals surface area contributed by atoms with Crippen LogP contribution < -0.4 is 15.0 Å². The van der Waals surface area contributed by atoms with E-state index in [2.05, 4.69) is 15.3 Å². The van der Waals surface area contributed by atoms with Gasteiger partial charge in [0, 0.05) is 48.3 Å². The fourth-order valence-corrected chi connectivity index (χ4v) is 5.57. The van der Waals surface area contributed by atoms with Crippen molar-refractivity contribution in [3.05, 3.63) is 80.9 Å². The lowest BCUT2D eigenvalue weighted by molar-refractivity contribution is -0.384. The minimum atomic E-state index is -0.917. The Balaban J connectivity index is 1.46. The number of fused-ring (bicyclic) bond motifs is 3. The molecule has 2 bridgehead atoms. The van der Waals surface area contributed by atoms with Gasteiger partial charge in [-0.1, -0.05) is 17.7 Å². The maximum atomic E-state index is 16.1. The highest BCUT2D eigenvalue weighted by Crippen LogP contribution is 2.43. The maximum absolute atomic E-state index is 16.1. The summed E-state index contributed by atoms with van der Waals surface area (Å²) >= 11 is 6.50. The number of anilines is 1. The number of hydrogen-bond acceptors (Lipinski definition) is 8. The number of aromatic hydroxyl groups is 1. The number of phenols is 1. The number of rotatable bonds is 6. The molecule has 3 aromatic carbocycles. The van der Waals surface area contributed by atoms with Crippen LogP contribution in [0, 0.1) is 21.7 Å². The SMILES string of the molecule is O=[N+]([O-])c1ccc(COc2nc(N3C[C@H]4CC[C@@H](C3)N4)c3cc(Cl)c(-c4c(O)cccc4F)c(F)c3n2)cc1. The van der Waals surface area contributed by atoms with E-state index in [4.69, 9.17) is 16.3 Å². The molecule has 4 aromatic rings. The zero-order valence-corrected chi connectivity index (χ0v) is 21.2. The van der Waals surface area contributed by atoms with Crippen LogP contribution in [-0.4, -0.2) is 45.2 Å². The third-order valence-electron chi connectivity index (χ3n) is 7.12. The molecule has 39 heavy (non-hydrogen) atoms. The lowest BCUT2D eigenvalue weighted by Crippen LogP contribution is -2.51. The second-order valence-corrected chi connectivity index (χ2v) is 10.1. The van der Waals surface area contributed by atoms with E-state index in [0.717, 1.165) is 18.9 Å². The molecule has 2 fully saturated rings. The normalized spacial score (nSPS) is 18.5. The summed E-state index contributed by atoms with van der Waals surface area (Å²) in [6, 6.07) is 11.4. The molecule has 1 aromatic heterocycles. The largest absolute Gasteiger partial charge is 0.507 e. The van der Waals surface area contributed by atoms with Gasteiger partial charge >= 0.3 is 6.01 Å². The van der Waals surface area contributed by atoms with Gasteiger partial charge in [-0.15, -0.1) is 0 Å². The molecule has 2 saturated heterocycles. The van der Waals surface area contributed by atoms with Crippen LogP contribution >= 0.6 is 11.6 Å². The van der Waals surface area contributed by atoms with E-state index >= 15 is 4.39 Å². The molecular weight excluding hydrogens is 532 g/mol. The quantitative estimate of drug-likeness (QED) is 0.242. The molecule has 9 nitrogen and oxygen atoms in total. The molecule has 3 heterocycles. The highest BCUT2D eigenvalue weighted by Gasteiger charge is 2.34. The smallest absolute Gasteiger partial charge is 0.319 e. The molecule has 0 unspecified atom stereocenters. The van der Waals surface area contributed by atoms with Gasteiger partial charge in [0.05, 0.1) is 15.5 Å². The van der Waals surface area contributed by atoms with Gasteiger partial charge in [-0.2, -0.15) is 9.97 Å². The zero-order valence-electron chi connectivity index (χ0n) is 20.4. The lowest BCUT2D eigenvalue weighted by atomic mass is 10.0. The molecule has 200 valence electrons. The summed E-state index contributed by atoms with van der Waals surface area (Å²) < 4.78 is 36.7. The van der Waals surface area contributed by atoms with Gasteiger partial charge in [0.2, 0.25) is 0 Å². The van der Waals surface area contributed by atoms with Crippen molar-refractivity contribution >= 4 is 34.0 Å². The molecule has 2 N–H and O–H groups in total. The first-order valence-corrected chi connectivity index (χ1v) is 12.7. The Morgan fingerprint density at radius 3 is 2.49 bits per heavy atom. The fourth-order valence-electron chi connectivity index (χ4n) is 5.29. The number of non-ortho nitro benzene ring substituents is 1. The molecule has 2 aliphatic rings. The summed E-state index contributed by atoms with van der Waals surface area (Å²) in [5, 5.41) is 25.1. The molecule has 6 rings (SSSR count). The summed E-state index contributed by atoms with van der Waals surface area (Å²) in [4.78, 5) is 21.4. The highest BCUT2D eigenvalue weighted by molar-refractivity contribution is 6.34. The summed E-state index contributed by atoms with van der Waals surface area (Å²) in [6.07, 6.45) is 2.03. The summed E-state index contributed by atoms with van der Waals surface area (Å²) in [5.74, 6) is -1.78. The predicted octanol–water partition coefficient (Wildman–Crippen LogP) is 5.36. The number of nitrogens with zero attached hydrogens (tertiary/aromatic N) is 4. The van der Waals surface area contributed by atoms with Crippen LogP contribution in [0.15, 0.2) is 48.5 Å².